The summed E-state index contributed by atoms with van der Waals surface area (Å²) >= 11 is 0. The number of aliphatic hydroxyl groups excluding tert-OH is 1. The molecule has 0 unspecified atom stereocenters. The van der Waals surface area contributed by atoms with Crippen molar-refractivity contribution in [3.63, 3.8) is 0 Å². The molecule has 1 fully saturated rings. The Morgan fingerprint density at radius 3 is 2.37 bits per heavy atom. The summed E-state index contributed by atoms with van der Waals surface area (Å²) in [4.78, 5) is 52.2. The minimum Gasteiger partial charge on any atom is -0.478 e. The fourth-order valence-electron chi connectivity index (χ4n) is 6.32. The van der Waals surface area contributed by atoms with Crippen LogP contribution >= 0.6 is 0 Å². The Morgan fingerprint density at radius 1 is 0.898 bits per heavy atom. The van der Waals surface area contributed by atoms with Crippen molar-refractivity contribution in [2.75, 3.05) is 13.2 Å². The van der Waals surface area contributed by atoms with Gasteiger partial charge in [-0.3, -0.25) is 14.4 Å². The summed E-state index contributed by atoms with van der Waals surface area (Å²) in [6, 6.07) is 12.4. The number of pyridine rings is 1. The molecule has 1 aliphatic rings. The number of carbonyl (C=O) groups is 3. The first kappa shape index (κ1) is 37.5. The van der Waals surface area contributed by atoms with Gasteiger partial charge in [0.1, 0.15) is 12.1 Å². The van der Waals surface area contributed by atoms with Crippen molar-refractivity contribution in [1.82, 2.24) is 30.9 Å². The molecule has 49 heavy (non-hydrogen) atoms. The summed E-state index contributed by atoms with van der Waals surface area (Å²) in [5, 5.41) is 20.3. The molecule has 0 bridgehead atoms. The number of nitrogens with two attached hydrogens (primary N) is 1. The van der Waals surface area contributed by atoms with E-state index in [9.17, 15) is 19.5 Å². The number of carbonyl (C=O) groups excluding carboxylic acids is 3. The lowest BCUT2D eigenvalue weighted by atomic mass is 9.83. The van der Waals surface area contributed by atoms with Crippen LogP contribution in [0.3, 0.4) is 0 Å². The number of imidazole rings is 1. The summed E-state index contributed by atoms with van der Waals surface area (Å²) in [6.45, 7) is 0.799. The number of hydrogen-bond donors (Lipinski definition) is 6. The number of rotatable bonds is 21. The molecule has 1 aromatic carbocycles. The van der Waals surface area contributed by atoms with E-state index >= 15 is 0 Å². The second-order valence-electron chi connectivity index (χ2n) is 13.0. The van der Waals surface area contributed by atoms with Gasteiger partial charge in [-0.25, -0.2) is 9.97 Å². The Balaban J connectivity index is 1.47. The summed E-state index contributed by atoms with van der Waals surface area (Å²) in [7, 11) is 0. The minimum absolute atomic E-state index is 0.126. The van der Waals surface area contributed by atoms with Crippen molar-refractivity contribution < 1.29 is 24.2 Å². The predicted molar refractivity (Wildman–Crippen MR) is 187 cm³/mol. The molecule has 0 spiro atoms. The van der Waals surface area contributed by atoms with E-state index in [0.29, 0.717) is 43.3 Å². The van der Waals surface area contributed by atoms with Crippen LogP contribution in [0.25, 0.3) is 0 Å². The maximum absolute atomic E-state index is 14.0. The highest BCUT2D eigenvalue weighted by Gasteiger charge is 2.32. The van der Waals surface area contributed by atoms with Crippen molar-refractivity contribution >= 4 is 17.7 Å². The van der Waals surface area contributed by atoms with Gasteiger partial charge >= 0.3 is 0 Å². The van der Waals surface area contributed by atoms with Gasteiger partial charge in [0.2, 0.25) is 23.6 Å². The SMILES string of the molecule is NCCCCCC(=O)N[C@@H](Cc1ccccc1)C(=O)N[C@@H](Cc1c[nH]cn1)C(=O)N[C@@H](CC1CCCCC1)[C@@H](O)CCOc1ccccn1. The van der Waals surface area contributed by atoms with Crippen LogP contribution in [0.5, 0.6) is 5.88 Å². The largest absolute Gasteiger partial charge is 0.478 e. The average molecular weight is 676 g/mol. The normalized spacial score (nSPS) is 15.8. The molecule has 4 rings (SSSR count). The third kappa shape index (κ3) is 13.6. The van der Waals surface area contributed by atoms with Gasteiger partial charge in [-0.15, -0.1) is 0 Å². The molecule has 2 heterocycles. The highest BCUT2D eigenvalue weighted by molar-refractivity contribution is 5.92. The van der Waals surface area contributed by atoms with Crippen LogP contribution in [0.4, 0.5) is 0 Å². The third-order valence-electron chi connectivity index (χ3n) is 9.05. The number of nitrogens with one attached hydrogen (secondary N) is 4. The lowest BCUT2D eigenvalue weighted by Gasteiger charge is -2.31. The molecule has 12 heteroatoms. The molecule has 1 aliphatic carbocycles. The Bertz CT molecular complexity index is 1370. The van der Waals surface area contributed by atoms with Gasteiger partial charge < -0.3 is 36.5 Å². The first-order valence-electron chi connectivity index (χ1n) is 17.7. The zero-order valence-corrected chi connectivity index (χ0v) is 28.4. The second kappa shape index (κ2) is 20.9. The van der Waals surface area contributed by atoms with Gasteiger partial charge in [0, 0.05) is 44.1 Å². The van der Waals surface area contributed by atoms with E-state index in [1.165, 1.54) is 12.7 Å². The highest BCUT2D eigenvalue weighted by Crippen LogP contribution is 2.28. The lowest BCUT2D eigenvalue weighted by Crippen LogP contribution is -2.57. The highest BCUT2D eigenvalue weighted by atomic mass is 16.5. The summed E-state index contributed by atoms with van der Waals surface area (Å²) in [5.41, 5.74) is 7.07. The van der Waals surface area contributed by atoms with Gasteiger partial charge in [0.15, 0.2) is 0 Å². The number of ether oxygens (including phenoxy) is 1. The quantitative estimate of drug-likeness (QED) is 0.0929. The molecule has 0 aliphatic heterocycles. The predicted octanol–water partition coefficient (Wildman–Crippen LogP) is 3.36. The number of nitrogens with zero attached hydrogens (tertiary/aromatic N) is 2. The molecule has 0 saturated heterocycles. The Morgan fingerprint density at radius 2 is 1.65 bits per heavy atom. The molecule has 266 valence electrons. The topological polar surface area (TPSA) is 184 Å². The number of hydrogen-bond acceptors (Lipinski definition) is 8. The van der Waals surface area contributed by atoms with Gasteiger partial charge in [-0.05, 0) is 43.4 Å². The fraction of sp³-hybridized carbons (Fsp3) is 0.541. The number of benzene rings is 1. The second-order valence-corrected chi connectivity index (χ2v) is 13.0. The zero-order valence-electron chi connectivity index (χ0n) is 28.4. The zero-order chi connectivity index (χ0) is 34.7. The molecule has 0 radical (unpaired) electrons. The van der Waals surface area contributed by atoms with E-state index < -0.39 is 36.0 Å². The van der Waals surface area contributed by atoms with Crippen LogP contribution in [0.15, 0.2) is 67.3 Å². The van der Waals surface area contributed by atoms with Crippen LogP contribution in [0.2, 0.25) is 0 Å². The summed E-state index contributed by atoms with van der Waals surface area (Å²) < 4.78 is 5.74. The smallest absolute Gasteiger partial charge is 0.243 e. The molecule has 3 aromatic rings. The van der Waals surface area contributed by atoms with Crippen molar-refractivity contribution in [1.29, 1.82) is 0 Å². The van der Waals surface area contributed by atoms with Crippen molar-refractivity contribution in [2.24, 2.45) is 11.7 Å². The standard InChI is InChI=1S/C37H53N7O5/c38-19-10-3-8-16-34(46)42-31(23-28-14-6-2-7-15-28)36(47)44-32(24-29-25-39-26-41-29)37(48)43-30(22-27-12-4-1-5-13-27)33(45)18-21-49-35-17-9-11-20-40-35/h2,6-7,9,11,14-15,17,20,25-27,30-33,45H,1,3-5,8,10,12-13,16,18-19,21-24,38H2,(H,39,41)(H,42,46)(H,43,48)(H,44,47)/t30-,31-,32-,33-/m0/s1. The average Bonchev–Trinajstić information content (AvgIpc) is 3.64. The van der Waals surface area contributed by atoms with Crippen LogP contribution < -0.4 is 26.4 Å². The van der Waals surface area contributed by atoms with E-state index in [2.05, 4.69) is 30.9 Å². The van der Waals surface area contributed by atoms with E-state index in [4.69, 9.17) is 10.5 Å². The first-order valence-corrected chi connectivity index (χ1v) is 17.7. The molecule has 2 aromatic heterocycles. The van der Waals surface area contributed by atoms with Crippen LogP contribution in [-0.2, 0) is 27.2 Å². The maximum atomic E-state index is 14.0. The molecular formula is C37H53N7O5. The molecule has 1 saturated carbocycles. The van der Waals surface area contributed by atoms with Gasteiger partial charge in [0.25, 0.3) is 0 Å². The lowest BCUT2D eigenvalue weighted by molar-refractivity contribution is -0.132. The molecule has 3 amide bonds. The summed E-state index contributed by atoms with van der Waals surface area (Å²) in [5.74, 6) is -0.279. The fourth-order valence-corrected chi connectivity index (χ4v) is 6.32. The van der Waals surface area contributed by atoms with Crippen LogP contribution in [0, 0.1) is 5.92 Å². The molecule has 4 atom stereocenters. The van der Waals surface area contributed by atoms with Gasteiger partial charge in [-0.1, -0.05) is 74.9 Å². The van der Waals surface area contributed by atoms with E-state index in [-0.39, 0.29) is 31.8 Å². The number of aromatic nitrogens is 3. The number of aliphatic hydroxyl groups is 1. The maximum Gasteiger partial charge on any atom is 0.243 e. The van der Waals surface area contributed by atoms with Crippen LogP contribution in [0.1, 0.15) is 81.9 Å². The molecular weight excluding hydrogens is 622 g/mol. The van der Waals surface area contributed by atoms with Crippen molar-refractivity contribution in [2.45, 2.75) is 108 Å². The summed E-state index contributed by atoms with van der Waals surface area (Å²) in [6.07, 6.45) is 13.4. The monoisotopic (exact) mass is 675 g/mol. The molecule has 12 nitrogen and oxygen atoms in total. The Hall–Kier alpha value is -4.29. The van der Waals surface area contributed by atoms with Gasteiger partial charge in [-0.2, -0.15) is 0 Å². The number of amides is 3. The van der Waals surface area contributed by atoms with Gasteiger partial charge in [0.05, 0.1) is 30.8 Å². The molecule has 7 N–H and O–H groups in total. The Kier molecular flexibility index (Phi) is 16.0. The van der Waals surface area contributed by atoms with E-state index in [0.717, 1.165) is 44.1 Å². The number of aromatic amines is 1. The van der Waals surface area contributed by atoms with Crippen LogP contribution in [-0.4, -0.2) is 75.2 Å². The minimum atomic E-state index is -0.999. The van der Waals surface area contributed by atoms with Crippen molar-refractivity contribution in [3.8, 4) is 5.88 Å². The number of H-pyrrole nitrogens is 1. The third-order valence-corrected chi connectivity index (χ3v) is 9.05. The first-order chi connectivity index (χ1) is 23.9. The van der Waals surface area contributed by atoms with E-state index in [1.807, 2.05) is 36.4 Å². The van der Waals surface area contributed by atoms with E-state index in [1.54, 1.807) is 24.5 Å². The number of unbranched alkanes of at least 4 members (excludes halogenated alkanes) is 2. The Labute approximate surface area is 289 Å². The van der Waals surface area contributed by atoms with Crippen molar-refractivity contribution in [3.05, 3.63) is 78.5 Å².